The van der Waals surface area contributed by atoms with Crippen LogP contribution in [0.15, 0.2) is 78.2 Å². The lowest BCUT2D eigenvalue weighted by Crippen LogP contribution is -2.11. The third-order valence-electron chi connectivity index (χ3n) is 5.03. The molecule has 0 fully saturated rings. The average molecular weight is 507 g/mol. The van der Waals surface area contributed by atoms with Crippen molar-refractivity contribution in [1.82, 2.24) is 9.97 Å². The van der Waals surface area contributed by atoms with Gasteiger partial charge in [-0.2, -0.15) is 0 Å². The van der Waals surface area contributed by atoms with Gasteiger partial charge in [-0.1, -0.05) is 29.3 Å². The molecule has 2 amide bonds. The van der Waals surface area contributed by atoms with E-state index in [9.17, 15) is 9.59 Å². The summed E-state index contributed by atoms with van der Waals surface area (Å²) < 4.78 is 0. The van der Waals surface area contributed by atoms with Crippen LogP contribution in [0.3, 0.4) is 0 Å². The average Bonchev–Trinajstić information content (AvgIpc) is 3.49. The van der Waals surface area contributed by atoms with Crippen LogP contribution in [-0.2, 0) is 0 Å². The Morgan fingerprint density at radius 2 is 1.53 bits per heavy atom. The number of anilines is 2. The number of nitrogens with one attached hydrogen (secondary N) is 3. The molecule has 0 aliphatic carbocycles. The molecule has 0 aliphatic heterocycles. The zero-order valence-corrected chi connectivity index (χ0v) is 19.8. The maximum Gasteiger partial charge on any atom is 0.265 e. The predicted octanol–water partition coefficient (Wildman–Crippen LogP) is 7.10. The van der Waals surface area contributed by atoms with Crippen molar-refractivity contribution < 1.29 is 9.59 Å². The lowest BCUT2D eigenvalue weighted by atomic mass is 10.1. The molecule has 3 N–H and O–H groups in total. The predicted molar refractivity (Wildman–Crippen MR) is 138 cm³/mol. The van der Waals surface area contributed by atoms with E-state index in [4.69, 9.17) is 23.2 Å². The summed E-state index contributed by atoms with van der Waals surface area (Å²) in [5.74, 6) is 0.223. The summed E-state index contributed by atoms with van der Waals surface area (Å²) in [6, 6.07) is 21.1. The van der Waals surface area contributed by atoms with Crippen LogP contribution in [-0.4, -0.2) is 21.8 Å². The standard InChI is InChI=1S/C25H16Cl2N4O2S/c26-16-10-15(11-17(27)12-16)24(32)28-18-5-3-14(4-6-18)23-30-20-8-7-19(13-21(20)31-23)29-25(33)22-2-1-9-34-22/h1-13H,(H,28,32)(H,29,33)(H,30,31). The maximum atomic E-state index is 12.5. The molecule has 0 saturated heterocycles. The number of benzene rings is 3. The number of hydrogen-bond donors (Lipinski definition) is 3. The van der Waals surface area contributed by atoms with E-state index in [1.165, 1.54) is 11.3 Å². The third-order valence-corrected chi connectivity index (χ3v) is 6.33. The van der Waals surface area contributed by atoms with Gasteiger partial charge >= 0.3 is 0 Å². The van der Waals surface area contributed by atoms with E-state index in [-0.39, 0.29) is 11.8 Å². The van der Waals surface area contributed by atoms with Gasteiger partial charge in [-0.3, -0.25) is 9.59 Å². The first-order valence-electron chi connectivity index (χ1n) is 10.2. The molecule has 0 spiro atoms. The fourth-order valence-corrected chi connectivity index (χ4v) is 4.57. The normalized spacial score (nSPS) is 10.9. The molecule has 0 radical (unpaired) electrons. The molecule has 2 aromatic heterocycles. The first kappa shape index (κ1) is 22.2. The smallest absolute Gasteiger partial charge is 0.265 e. The number of carbonyl (C=O) groups excluding carboxylic acids is 2. The van der Waals surface area contributed by atoms with Gasteiger partial charge in [0.25, 0.3) is 11.8 Å². The van der Waals surface area contributed by atoms with Crippen molar-refractivity contribution in [2.24, 2.45) is 0 Å². The highest BCUT2D eigenvalue weighted by Gasteiger charge is 2.11. The van der Waals surface area contributed by atoms with Gasteiger partial charge in [0.15, 0.2) is 0 Å². The summed E-state index contributed by atoms with van der Waals surface area (Å²) in [7, 11) is 0. The number of hydrogen-bond acceptors (Lipinski definition) is 4. The molecule has 5 aromatic rings. The lowest BCUT2D eigenvalue weighted by molar-refractivity contribution is 0.102. The van der Waals surface area contributed by atoms with Crippen molar-refractivity contribution in [3.63, 3.8) is 0 Å². The second kappa shape index (κ2) is 9.30. The molecule has 6 nitrogen and oxygen atoms in total. The van der Waals surface area contributed by atoms with Gasteiger partial charge in [0, 0.05) is 32.5 Å². The number of halogens is 2. The van der Waals surface area contributed by atoms with E-state index in [0.717, 1.165) is 16.6 Å². The molecular weight excluding hydrogens is 491 g/mol. The number of aromatic amines is 1. The quantitative estimate of drug-likeness (QED) is 0.237. The number of nitrogens with zero attached hydrogens (tertiary/aromatic N) is 1. The second-order valence-electron chi connectivity index (χ2n) is 7.44. The first-order chi connectivity index (χ1) is 16.4. The van der Waals surface area contributed by atoms with E-state index in [0.29, 0.717) is 37.7 Å². The largest absolute Gasteiger partial charge is 0.338 e. The van der Waals surface area contributed by atoms with E-state index in [2.05, 4.69) is 20.6 Å². The number of carbonyl (C=O) groups is 2. The topological polar surface area (TPSA) is 86.9 Å². The Morgan fingerprint density at radius 1 is 0.824 bits per heavy atom. The molecule has 0 atom stereocenters. The summed E-state index contributed by atoms with van der Waals surface area (Å²) in [6.07, 6.45) is 0. The number of imidazole rings is 1. The van der Waals surface area contributed by atoms with Crippen LogP contribution in [0, 0.1) is 0 Å². The SMILES string of the molecule is O=C(Nc1ccc(-c2nc3ccc(NC(=O)c4cccs4)cc3[nH]2)cc1)c1cc(Cl)cc(Cl)c1. The Balaban J connectivity index is 1.31. The summed E-state index contributed by atoms with van der Waals surface area (Å²) in [6.45, 7) is 0. The first-order valence-corrected chi connectivity index (χ1v) is 11.8. The summed E-state index contributed by atoms with van der Waals surface area (Å²) in [5, 5.41) is 8.38. The van der Waals surface area contributed by atoms with Crippen molar-refractivity contribution in [3.05, 3.63) is 98.7 Å². The fraction of sp³-hybridized carbons (Fsp3) is 0. The number of rotatable bonds is 5. The minimum atomic E-state index is -0.307. The Labute approximate surface area is 208 Å². The van der Waals surface area contributed by atoms with Crippen molar-refractivity contribution >= 4 is 68.8 Å². The number of aromatic nitrogens is 2. The van der Waals surface area contributed by atoms with E-state index in [1.807, 2.05) is 41.8 Å². The number of fused-ring (bicyclic) bond motifs is 1. The molecule has 5 rings (SSSR count). The zero-order chi connectivity index (χ0) is 23.7. The number of amides is 2. The van der Waals surface area contributed by atoms with Crippen LogP contribution in [0.2, 0.25) is 10.0 Å². The Kier molecular flexibility index (Phi) is 6.06. The van der Waals surface area contributed by atoms with Gasteiger partial charge in [0.05, 0.1) is 15.9 Å². The highest BCUT2D eigenvalue weighted by Crippen LogP contribution is 2.25. The van der Waals surface area contributed by atoms with Crippen LogP contribution in [0.25, 0.3) is 22.4 Å². The van der Waals surface area contributed by atoms with Crippen LogP contribution in [0.5, 0.6) is 0 Å². The van der Waals surface area contributed by atoms with Crippen LogP contribution < -0.4 is 10.6 Å². The molecule has 0 bridgehead atoms. The fourth-order valence-electron chi connectivity index (χ4n) is 3.42. The minimum Gasteiger partial charge on any atom is -0.338 e. The second-order valence-corrected chi connectivity index (χ2v) is 9.26. The van der Waals surface area contributed by atoms with E-state index in [1.54, 1.807) is 36.4 Å². The molecule has 3 aromatic carbocycles. The lowest BCUT2D eigenvalue weighted by Gasteiger charge is -2.07. The van der Waals surface area contributed by atoms with Crippen molar-refractivity contribution in [2.45, 2.75) is 0 Å². The van der Waals surface area contributed by atoms with Crippen molar-refractivity contribution in [2.75, 3.05) is 10.6 Å². The van der Waals surface area contributed by atoms with Gasteiger partial charge in [0.1, 0.15) is 5.82 Å². The summed E-state index contributed by atoms with van der Waals surface area (Å²) in [4.78, 5) is 33.4. The molecule has 0 saturated carbocycles. The molecule has 34 heavy (non-hydrogen) atoms. The van der Waals surface area contributed by atoms with Crippen LogP contribution in [0.4, 0.5) is 11.4 Å². The highest BCUT2D eigenvalue weighted by molar-refractivity contribution is 7.12. The van der Waals surface area contributed by atoms with Gasteiger partial charge in [-0.15, -0.1) is 11.3 Å². The van der Waals surface area contributed by atoms with Crippen LogP contribution in [0.1, 0.15) is 20.0 Å². The number of H-pyrrole nitrogens is 1. The minimum absolute atomic E-state index is 0.147. The Hall–Kier alpha value is -3.65. The molecule has 2 heterocycles. The summed E-state index contributed by atoms with van der Waals surface area (Å²) >= 11 is 13.4. The van der Waals surface area contributed by atoms with Gasteiger partial charge in [0.2, 0.25) is 0 Å². The molecule has 9 heteroatoms. The van der Waals surface area contributed by atoms with Crippen molar-refractivity contribution in [1.29, 1.82) is 0 Å². The Morgan fingerprint density at radius 3 is 2.24 bits per heavy atom. The molecule has 0 aliphatic rings. The monoisotopic (exact) mass is 506 g/mol. The Bertz CT molecular complexity index is 1490. The molecule has 168 valence electrons. The molecule has 0 unspecified atom stereocenters. The highest BCUT2D eigenvalue weighted by atomic mass is 35.5. The van der Waals surface area contributed by atoms with Crippen LogP contribution >= 0.6 is 34.5 Å². The van der Waals surface area contributed by atoms with Gasteiger partial charge < -0.3 is 15.6 Å². The molecular formula is C25H16Cl2N4O2S. The van der Waals surface area contributed by atoms with Gasteiger partial charge in [-0.25, -0.2) is 4.98 Å². The van der Waals surface area contributed by atoms with E-state index < -0.39 is 0 Å². The zero-order valence-electron chi connectivity index (χ0n) is 17.4. The maximum absolute atomic E-state index is 12.5. The van der Waals surface area contributed by atoms with Gasteiger partial charge in [-0.05, 0) is 72.1 Å². The number of thiophene rings is 1. The van der Waals surface area contributed by atoms with E-state index >= 15 is 0 Å². The van der Waals surface area contributed by atoms with Crippen molar-refractivity contribution in [3.8, 4) is 11.4 Å². The summed E-state index contributed by atoms with van der Waals surface area (Å²) in [5.41, 5.74) is 4.11. The third kappa shape index (κ3) is 4.82.